The van der Waals surface area contributed by atoms with Crippen molar-refractivity contribution in [1.82, 2.24) is 5.32 Å². The Hall–Kier alpha value is -3.21. The summed E-state index contributed by atoms with van der Waals surface area (Å²) in [6.07, 6.45) is 103. The van der Waals surface area contributed by atoms with Crippen LogP contribution in [0.25, 0.3) is 0 Å². The first kappa shape index (κ1) is 73.8. The van der Waals surface area contributed by atoms with E-state index in [1.54, 1.807) is 6.08 Å². The number of unbranched alkanes of at least 4 members (excludes halogenated alkanes) is 35. The summed E-state index contributed by atoms with van der Waals surface area (Å²) < 4.78 is 0. The van der Waals surface area contributed by atoms with Crippen molar-refractivity contribution in [2.24, 2.45) is 0 Å². The molecule has 77 heavy (non-hydrogen) atoms. The van der Waals surface area contributed by atoms with Crippen LogP contribution in [0.2, 0.25) is 0 Å². The highest BCUT2D eigenvalue weighted by Gasteiger charge is 2.18. The number of hydrogen-bond acceptors (Lipinski definition) is 3. The summed E-state index contributed by atoms with van der Waals surface area (Å²) in [4.78, 5) is 12.5. The Balaban J connectivity index is 3.56. The fourth-order valence-corrected chi connectivity index (χ4v) is 9.66. The summed E-state index contributed by atoms with van der Waals surface area (Å²) >= 11 is 0. The van der Waals surface area contributed by atoms with Crippen LogP contribution in [0.15, 0.2) is 122 Å². The van der Waals surface area contributed by atoms with Crippen LogP contribution in [0.1, 0.15) is 316 Å². The molecule has 0 aliphatic heterocycles. The number of nitrogens with one attached hydrogen (secondary N) is 1. The van der Waals surface area contributed by atoms with Gasteiger partial charge in [0.1, 0.15) is 0 Å². The minimum Gasteiger partial charge on any atom is -0.394 e. The highest BCUT2D eigenvalue weighted by molar-refractivity contribution is 5.76. The maximum atomic E-state index is 12.5. The van der Waals surface area contributed by atoms with Gasteiger partial charge in [0.2, 0.25) is 5.91 Å². The zero-order valence-corrected chi connectivity index (χ0v) is 50.9. The van der Waals surface area contributed by atoms with E-state index >= 15 is 0 Å². The Morgan fingerprint density at radius 1 is 0.325 bits per heavy atom. The lowest BCUT2D eigenvalue weighted by atomic mass is 10.0. The van der Waals surface area contributed by atoms with Crippen molar-refractivity contribution < 1.29 is 15.0 Å². The molecule has 0 aromatic heterocycles. The van der Waals surface area contributed by atoms with Crippen molar-refractivity contribution in [2.45, 2.75) is 328 Å². The second kappa shape index (κ2) is 67.1. The van der Waals surface area contributed by atoms with Crippen LogP contribution in [-0.2, 0) is 4.79 Å². The van der Waals surface area contributed by atoms with E-state index in [1.165, 1.54) is 212 Å². The van der Waals surface area contributed by atoms with Gasteiger partial charge in [-0.1, -0.05) is 328 Å². The second-order valence-corrected chi connectivity index (χ2v) is 22.1. The molecule has 0 aliphatic carbocycles. The molecule has 0 fully saturated rings. The molecule has 0 aromatic rings. The third kappa shape index (κ3) is 63.5. The van der Waals surface area contributed by atoms with E-state index in [2.05, 4.69) is 129 Å². The average Bonchev–Trinajstić information content (AvgIpc) is 3.43. The summed E-state index contributed by atoms with van der Waals surface area (Å²) in [7, 11) is 0. The molecule has 0 spiro atoms. The molecule has 0 aromatic carbocycles. The number of carbonyl (C=O) groups is 1. The molecular weight excluding hydrogens is 939 g/mol. The van der Waals surface area contributed by atoms with Gasteiger partial charge in [0, 0.05) is 6.42 Å². The van der Waals surface area contributed by atoms with Crippen molar-refractivity contribution in [1.29, 1.82) is 0 Å². The summed E-state index contributed by atoms with van der Waals surface area (Å²) in [5.41, 5.74) is 0. The van der Waals surface area contributed by atoms with Crippen molar-refractivity contribution in [3.8, 4) is 0 Å². The molecule has 0 bridgehead atoms. The van der Waals surface area contributed by atoms with E-state index in [1.807, 2.05) is 6.08 Å². The van der Waals surface area contributed by atoms with Gasteiger partial charge in [0.05, 0.1) is 18.8 Å². The fraction of sp³-hybridized carbons (Fsp3) is 0.712. The van der Waals surface area contributed by atoms with Crippen LogP contribution in [0, 0.1) is 0 Å². The normalized spacial score (nSPS) is 13.6. The number of hydrogen-bond donors (Lipinski definition) is 3. The van der Waals surface area contributed by atoms with Gasteiger partial charge in [-0.05, 0) is 103 Å². The van der Waals surface area contributed by atoms with Crippen LogP contribution in [0.3, 0.4) is 0 Å². The standard InChI is InChI=1S/C73H127NO3/c1-3-5-7-9-11-13-15-17-19-21-23-25-27-29-31-33-34-35-36-37-38-39-40-41-43-45-47-49-51-53-55-57-59-61-63-65-67-69-73(77)74-71(70-75)72(76)68-66-64-62-60-58-56-54-52-50-48-46-44-42-32-30-28-26-24-22-20-18-16-14-12-10-8-6-4-2/h5,7,11,13,17,19,23,25,29,31,34-35,37-38,50,52,58,60,66,68,71-72,75-76H,3-4,6,8-10,12,14-16,18,20-22,24,26-28,30,32-33,36,39-49,51,53-57,59,61-65,67,69-70H2,1-2H3,(H,74,77)/b7-5-,13-11-,19-17-,25-23-,31-29-,35-34-,38-37-,52-50+,60-58+,68-66+. The molecule has 0 aliphatic rings. The molecule has 4 nitrogen and oxygen atoms in total. The molecule has 3 N–H and O–H groups in total. The Morgan fingerprint density at radius 3 is 0.909 bits per heavy atom. The first-order valence-corrected chi connectivity index (χ1v) is 33.2. The number of allylic oxidation sites excluding steroid dienone is 19. The van der Waals surface area contributed by atoms with E-state index in [9.17, 15) is 15.0 Å². The number of rotatable bonds is 60. The molecule has 0 radical (unpaired) electrons. The molecule has 0 heterocycles. The largest absolute Gasteiger partial charge is 0.394 e. The van der Waals surface area contributed by atoms with Gasteiger partial charge in [0.25, 0.3) is 0 Å². The van der Waals surface area contributed by atoms with Gasteiger partial charge in [0.15, 0.2) is 0 Å². The Bertz CT molecular complexity index is 1490. The maximum absolute atomic E-state index is 12.5. The van der Waals surface area contributed by atoms with Gasteiger partial charge >= 0.3 is 0 Å². The molecule has 0 saturated carbocycles. The second-order valence-electron chi connectivity index (χ2n) is 22.1. The molecule has 0 rings (SSSR count). The van der Waals surface area contributed by atoms with Crippen LogP contribution in [0.4, 0.5) is 0 Å². The zero-order chi connectivity index (χ0) is 55.5. The maximum Gasteiger partial charge on any atom is 0.220 e. The van der Waals surface area contributed by atoms with Crippen LogP contribution in [-0.4, -0.2) is 34.9 Å². The predicted molar refractivity (Wildman–Crippen MR) is 345 cm³/mol. The third-order valence-corrected chi connectivity index (χ3v) is 14.7. The zero-order valence-electron chi connectivity index (χ0n) is 50.9. The average molecular weight is 1070 g/mol. The number of aliphatic hydroxyl groups is 2. The molecule has 0 saturated heterocycles. The van der Waals surface area contributed by atoms with Gasteiger partial charge in [-0.25, -0.2) is 0 Å². The molecule has 4 heteroatoms. The van der Waals surface area contributed by atoms with Gasteiger partial charge in [-0.3, -0.25) is 4.79 Å². The SMILES string of the molecule is CC/C=C\C/C=C\C/C=C\C/C=C\C/C=C\C/C=C\C/C=C\CCCCCCCCCCCCCCCCCC(=O)NC(CO)C(O)/C=C/CC/C=C/CC/C=C/CCCCCCCCCCCCCCCCCCCC. The Labute approximate surface area is 479 Å². The van der Waals surface area contributed by atoms with Crippen LogP contribution >= 0.6 is 0 Å². The highest BCUT2D eigenvalue weighted by Crippen LogP contribution is 2.17. The summed E-state index contributed by atoms with van der Waals surface area (Å²) in [5, 5.41) is 23.2. The van der Waals surface area contributed by atoms with Crippen molar-refractivity contribution >= 4 is 5.91 Å². The smallest absolute Gasteiger partial charge is 0.220 e. The van der Waals surface area contributed by atoms with E-state index in [-0.39, 0.29) is 12.5 Å². The van der Waals surface area contributed by atoms with E-state index in [0.717, 1.165) is 83.5 Å². The summed E-state index contributed by atoms with van der Waals surface area (Å²) in [6.45, 7) is 4.20. The minimum atomic E-state index is -0.878. The predicted octanol–water partition coefficient (Wildman–Crippen LogP) is 22.8. The van der Waals surface area contributed by atoms with Crippen LogP contribution < -0.4 is 5.32 Å². The molecule has 2 unspecified atom stereocenters. The first-order valence-electron chi connectivity index (χ1n) is 33.2. The molecule has 442 valence electrons. The van der Waals surface area contributed by atoms with E-state index in [4.69, 9.17) is 0 Å². The molecule has 2 atom stereocenters. The Kier molecular flexibility index (Phi) is 64.3. The van der Waals surface area contributed by atoms with Gasteiger partial charge in [-0.15, -0.1) is 0 Å². The summed E-state index contributed by atoms with van der Waals surface area (Å²) in [5.74, 6) is -0.0792. The fourth-order valence-electron chi connectivity index (χ4n) is 9.66. The van der Waals surface area contributed by atoms with Crippen molar-refractivity contribution in [3.63, 3.8) is 0 Å². The molecular formula is C73H127NO3. The first-order chi connectivity index (χ1) is 38.2. The van der Waals surface area contributed by atoms with Gasteiger partial charge in [-0.2, -0.15) is 0 Å². The minimum absolute atomic E-state index is 0.0792. The Morgan fingerprint density at radius 2 is 0.584 bits per heavy atom. The van der Waals surface area contributed by atoms with Crippen molar-refractivity contribution in [2.75, 3.05) is 6.61 Å². The lowest BCUT2D eigenvalue weighted by molar-refractivity contribution is -0.123. The molecule has 1 amide bonds. The monoisotopic (exact) mass is 1070 g/mol. The van der Waals surface area contributed by atoms with Crippen molar-refractivity contribution in [3.05, 3.63) is 122 Å². The quantitative estimate of drug-likeness (QED) is 0.0420. The van der Waals surface area contributed by atoms with E-state index < -0.39 is 12.1 Å². The van der Waals surface area contributed by atoms with E-state index in [0.29, 0.717) is 6.42 Å². The number of aliphatic hydroxyl groups excluding tert-OH is 2. The summed E-state index contributed by atoms with van der Waals surface area (Å²) in [6, 6.07) is -0.654. The topological polar surface area (TPSA) is 69.6 Å². The lowest BCUT2D eigenvalue weighted by Crippen LogP contribution is -2.45. The highest BCUT2D eigenvalue weighted by atomic mass is 16.3. The lowest BCUT2D eigenvalue weighted by Gasteiger charge is -2.19. The number of carbonyl (C=O) groups excluding carboxylic acids is 1. The van der Waals surface area contributed by atoms with Crippen LogP contribution in [0.5, 0.6) is 0 Å². The van der Waals surface area contributed by atoms with Gasteiger partial charge < -0.3 is 15.5 Å². The third-order valence-electron chi connectivity index (χ3n) is 14.7. The number of amides is 1.